The van der Waals surface area contributed by atoms with Crippen molar-refractivity contribution >= 4 is 5.91 Å². The van der Waals surface area contributed by atoms with Crippen LogP contribution in [0.15, 0.2) is 45.8 Å². The quantitative estimate of drug-likeness (QED) is 0.647. The number of amides is 1. The maximum Gasteiger partial charge on any atom is 0.260 e. The topological polar surface area (TPSA) is 111 Å². The van der Waals surface area contributed by atoms with Crippen molar-refractivity contribution in [3.8, 4) is 23.0 Å². The summed E-state index contributed by atoms with van der Waals surface area (Å²) in [6, 6.07) is 8.65. The number of aromatic nitrogens is 3. The van der Waals surface area contributed by atoms with Crippen LogP contribution in [0.2, 0.25) is 0 Å². The van der Waals surface area contributed by atoms with E-state index in [2.05, 4.69) is 15.1 Å². The van der Waals surface area contributed by atoms with Crippen molar-refractivity contribution in [2.75, 3.05) is 26.8 Å². The van der Waals surface area contributed by atoms with Gasteiger partial charge < -0.3 is 23.9 Å². The Morgan fingerprint density at radius 1 is 1.23 bits per heavy atom. The highest BCUT2D eigenvalue weighted by atomic mass is 16.5. The van der Waals surface area contributed by atoms with Crippen LogP contribution in [-0.4, -0.2) is 52.7 Å². The zero-order valence-electron chi connectivity index (χ0n) is 17.5. The Labute approximate surface area is 179 Å². The SMILES string of the molecule is COc1cc(C)ccc1OCC(=O)N1CCC(c2noc(-c3ccc(=O)[nH]c3)n2)CC1. The van der Waals surface area contributed by atoms with Gasteiger partial charge in [0.15, 0.2) is 23.9 Å². The minimum atomic E-state index is -0.190. The summed E-state index contributed by atoms with van der Waals surface area (Å²) in [6.07, 6.45) is 3.03. The summed E-state index contributed by atoms with van der Waals surface area (Å²) < 4.78 is 16.3. The van der Waals surface area contributed by atoms with Crippen LogP contribution in [0.5, 0.6) is 11.5 Å². The van der Waals surface area contributed by atoms with Crippen molar-refractivity contribution in [1.82, 2.24) is 20.0 Å². The molecular weight excluding hydrogens is 400 g/mol. The van der Waals surface area contributed by atoms with Gasteiger partial charge in [-0.15, -0.1) is 0 Å². The molecule has 162 valence electrons. The summed E-state index contributed by atoms with van der Waals surface area (Å²) in [6.45, 7) is 3.12. The van der Waals surface area contributed by atoms with Crippen LogP contribution in [0, 0.1) is 6.92 Å². The number of rotatable bonds is 6. The van der Waals surface area contributed by atoms with E-state index in [9.17, 15) is 9.59 Å². The average molecular weight is 424 g/mol. The molecule has 0 radical (unpaired) electrons. The predicted octanol–water partition coefficient (Wildman–Crippen LogP) is 2.53. The van der Waals surface area contributed by atoms with Crippen molar-refractivity contribution in [3.05, 3.63) is 58.3 Å². The van der Waals surface area contributed by atoms with E-state index in [0.29, 0.717) is 41.9 Å². The molecule has 0 unspecified atom stereocenters. The predicted molar refractivity (Wildman–Crippen MR) is 112 cm³/mol. The van der Waals surface area contributed by atoms with Gasteiger partial charge in [-0.05, 0) is 43.5 Å². The number of nitrogens with zero attached hydrogens (tertiary/aromatic N) is 3. The number of methoxy groups -OCH3 is 1. The van der Waals surface area contributed by atoms with E-state index in [0.717, 1.165) is 18.4 Å². The standard InChI is InChI=1S/C22H24N4O5/c1-14-3-5-17(18(11-14)29-2)30-13-20(28)26-9-7-15(8-10-26)21-24-22(31-25-21)16-4-6-19(27)23-12-16/h3-6,11-12,15H,7-10,13H2,1-2H3,(H,23,27). The number of benzene rings is 1. The molecule has 1 aromatic carbocycles. The third kappa shape index (κ3) is 4.76. The first-order valence-electron chi connectivity index (χ1n) is 10.1. The lowest BCUT2D eigenvalue weighted by Gasteiger charge is -2.30. The van der Waals surface area contributed by atoms with Crippen LogP contribution < -0.4 is 15.0 Å². The molecule has 2 aromatic heterocycles. The average Bonchev–Trinajstić information content (AvgIpc) is 3.29. The second-order valence-corrected chi connectivity index (χ2v) is 7.50. The van der Waals surface area contributed by atoms with Gasteiger partial charge in [-0.2, -0.15) is 4.98 Å². The Bertz CT molecular complexity index is 1090. The largest absolute Gasteiger partial charge is 0.493 e. The zero-order chi connectivity index (χ0) is 21.8. The first kappa shape index (κ1) is 20.6. The summed E-state index contributed by atoms with van der Waals surface area (Å²) in [5.41, 5.74) is 1.53. The van der Waals surface area contributed by atoms with Gasteiger partial charge in [0.1, 0.15) is 0 Å². The Morgan fingerprint density at radius 3 is 2.74 bits per heavy atom. The first-order valence-corrected chi connectivity index (χ1v) is 10.1. The first-order chi connectivity index (χ1) is 15.0. The molecular formula is C22H24N4O5. The van der Waals surface area contributed by atoms with Crippen molar-refractivity contribution < 1.29 is 18.8 Å². The Morgan fingerprint density at radius 2 is 2.03 bits per heavy atom. The number of pyridine rings is 1. The summed E-state index contributed by atoms with van der Waals surface area (Å²) in [4.78, 5) is 32.6. The molecule has 3 aromatic rings. The van der Waals surface area contributed by atoms with Crippen LogP contribution in [0.1, 0.15) is 30.1 Å². The molecule has 1 aliphatic rings. The minimum absolute atomic E-state index is 0.0390. The van der Waals surface area contributed by atoms with Gasteiger partial charge in [-0.25, -0.2) is 0 Å². The molecule has 1 saturated heterocycles. The van der Waals surface area contributed by atoms with Crippen molar-refractivity contribution in [2.45, 2.75) is 25.7 Å². The summed E-state index contributed by atoms with van der Waals surface area (Å²) in [7, 11) is 1.58. The summed E-state index contributed by atoms with van der Waals surface area (Å²) in [5, 5.41) is 4.09. The van der Waals surface area contributed by atoms with E-state index in [1.807, 2.05) is 25.1 Å². The maximum absolute atomic E-state index is 12.6. The molecule has 31 heavy (non-hydrogen) atoms. The highest BCUT2D eigenvalue weighted by Crippen LogP contribution is 2.29. The van der Waals surface area contributed by atoms with Crippen LogP contribution in [-0.2, 0) is 4.79 Å². The lowest BCUT2D eigenvalue weighted by molar-refractivity contribution is -0.134. The number of carbonyl (C=O) groups is 1. The fraction of sp³-hybridized carbons (Fsp3) is 0.364. The lowest BCUT2D eigenvalue weighted by atomic mass is 9.96. The fourth-order valence-electron chi connectivity index (χ4n) is 3.57. The number of hydrogen-bond acceptors (Lipinski definition) is 7. The second-order valence-electron chi connectivity index (χ2n) is 7.50. The number of nitrogens with one attached hydrogen (secondary N) is 1. The number of carbonyl (C=O) groups excluding carboxylic acids is 1. The van der Waals surface area contributed by atoms with Gasteiger partial charge in [-0.3, -0.25) is 9.59 Å². The van der Waals surface area contributed by atoms with Crippen molar-refractivity contribution in [3.63, 3.8) is 0 Å². The van der Waals surface area contributed by atoms with Crippen LogP contribution >= 0.6 is 0 Å². The molecule has 3 heterocycles. The second kappa shape index (κ2) is 9.03. The Balaban J connectivity index is 1.31. The maximum atomic E-state index is 12.6. The van der Waals surface area contributed by atoms with E-state index >= 15 is 0 Å². The van der Waals surface area contributed by atoms with Gasteiger partial charge in [0.05, 0.1) is 12.7 Å². The third-order valence-corrected chi connectivity index (χ3v) is 5.36. The number of aryl methyl sites for hydroxylation is 1. The Hall–Kier alpha value is -3.62. The molecule has 0 bridgehead atoms. The fourth-order valence-corrected chi connectivity index (χ4v) is 3.57. The molecule has 4 rings (SSSR count). The van der Waals surface area contributed by atoms with E-state index in [1.54, 1.807) is 24.3 Å². The van der Waals surface area contributed by atoms with Gasteiger partial charge >= 0.3 is 0 Å². The summed E-state index contributed by atoms with van der Waals surface area (Å²) in [5.74, 6) is 2.20. The molecule has 9 heteroatoms. The number of aromatic amines is 1. The highest BCUT2D eigenvalue weighted by Gasteiger charge is 2.27. The van der Waals surface area contributed by atoms with Crippen LogP contribution in [0.3, 0.4) is 0 Å². The van der Waals surface area contributed by atoms with Crippen LogP contribution in [0.4, 0.5) is 0 Å². The van der Waals surface area contributed by atoms with Crippen molar-refractivity contribution in [1.29, 1.82) is 0 Å². The smallest absolute Gasteiger partial charge is 0.260 e. The van der Waals surface area contributed by atoms with E-state index in [-0.39, 0.29) is 24.0 Å². The van der Waals surface area contributed by atoms with E-state index in [1.165, 1.54) is 6.07 Å². The van der Waals surface area contributed by atoms with Gasteiger partial charge in [0.25, 0.3) is 11.8 Å². The molecule has 0 spiro atoms. The number of hydrogen-bond donors (Lipinski definition) is 1. The normalized spacial score (nSPS) is 14.5. The van der Waals surface area contributed by atoms with E-state index < -0.39 is 0 Å². The summed E-state index contributed by atoms with van der Waals surface area (Å²) >= 11 is 0. The number of piperidine rings is 1. The third-order valence-electron chi connectivity index (χ3n) is 5.36. The number of H-pyrrole nitrogens is 1. The molecule has 0 saturated carbocycles. The van der Waals surface area contributed by atoms with E-state index in [4.69, 9.17) is 14.0 Å². The molecule has 0 aliphatic carbocycles. The zero-order valence-corrected chi connectivity index (χ0v) is 17.5. The Kier molecular flexibility index (Phi) is 6.01. The molecule has 1 aliphatic heterocycles. The van der Waals surface area contributed by atoms with Gasteiger partial charge in [0, 0.05) is 31.3 Å². The van der Waals surface area contributed by atoms with Gasteiger partial charge in [0.2, 0.25) is 5.56 Å². The molecule has 1 N–H and O–H groups in total. The molecule has 1 fully saturated rings. The number of ether oxygens (including phenoxy) is 2. The molecule has 0 atom stereocenters. The minimum Gasteiger partial charge on any atom is -0.493 e. The van der Waals surface area contributed by atoms with Crippen molar-refractivity contribution in [2.24, 2.45) is 0 Å². The monoisotopic (exact) mass is 424 g/mol. The van der Waals surface area contributed by atoms with Gasteiger partial charge in [-0.1, -0.05) is 11.2 Å². The number of likely N-dealkylation sites (tertiary alicyclic amines) is 1. The lowest BCUT2D eigenvalue weighted by Crippen LogP contribution is -2.40. The van der Waals surface area contributed by atoms with Crippen LogP contribution in [0.25, 0.3) is 11.5 Å². The molecule has 9 nitrogen and oxygen atoms in total. The highest BCUT2D eigenvalue weighted by molar-refractivity contribution is 5.78. The molecule has 1 amide bonds.